The number of likely N-dealkylation sites (N-methyl/N-ethyl adjacent to an activating group) is 6. The van der Waals surface area contributed by atoms with Crippen molar-refractivity contribution in [3.8, 4) is 0 Å². The second-order valence-electron chi connectivity index (χ2n) is 16.0. The molecule has 0 radical (unpaired) electrons. The van der Waals surface area contributed by atoms with Gasteiger partial charge in [-0.05, 0) is 0 Å². The van der Waals surface area contributed by atoms with Crippen LogP contribution >= 0.6 is 0 Å². The summed E-state index contributed by atoms with van der Waals surface area (Å²) in [5.41, 5.74) is 0. The van der Waals surface area contributed by atoms with Gasteiger partial charge in [-0.15, -0.1) is 61.5 Å². The van der Waals surface area contributed by atoms with Gasteiger partial charge in [0.05, 0.1) is 42.3 Å². The van der Waals surface area contributed by atoms with Gasteiger partial charge in [-0.25, -0.2) is 112 Å². The summed E-state index contributed by atoms with van der Waals surface area (Å²) in [7, 11) is -15.2. The van der Waals surface area contributed by atoms with E-state index in [1.165, 1.54) is 145 Å². The van der Waals surface area contributed by atoms with Crippen LogP contribution in [-0.2, 0) is 0 Å². The van der Waals surface area contributed by atoms with E-state index < -0.39 is 61.5 Å². The highest BCUT2D eigenvalue weighted by Gasteiger charge is 2.45. The number of halogens is 6. The van der Waals surface area contributed by atoms with Gasteiger partial charge in [0.25, 0.3) is 0 Å². The molecule has 9 heterocycles. The smallest absolute Gasteiger partial charge is 0.129 e. The minimum Gasteiger partial charge on any atom is -0.312 e. The molecule has 0 aromatic heterocycles. The van der Waals surface area contributed by atoms with Gasteiger partial charge in [0.1, 0.15) is 118 Å². The van der Waals surface area contributed by atoms with Gasteiger partial charge in [-0.2, -0.15) is 0 Å². The van der Waals surface area contributed by atoms with Crippen LogP contribution in [0.1, 0.15) is 0 Å². The first-order valence-electron chi connectivity index (χ1n) is 16.6. The molecule has 9 rings (SSSR count). The van der Waals surface area contributed by atoms with Crippen molar-refractivity contribution in [3.05, 3.63) is 0 Å². The minimum atomic E-state index is -4.94. The van der Waals surface area contributed by atoms with E-state index in [4.69, 9.17) is 112 Å². The summed E-state index contributed by atoms with van der Waals surface area (Å²) in [5, 5.41) is 0. The zero-order valence-corrected chi connectivity index (χ0v) is 38.0. The van der Waals surface area contributed by atoms with Crippen molar-refractivity contribution in [1.82, 2.24) is 0 Å². The van der Waals surface area contributed by atoms with E-state index in [0.29, 0.717) is 0 Å². The van der Waals surface area contributed by atoms with Crippen molar-refractivity contribution in [1.29, 1.82) is 0 Å². The molecule has 0 amide bonds. The van der Waals surface area contributed by atoms with Gasteiger partial charge < -0.3 is 26.9 Å². The largest absolute Gasteiger partial charge is 0.312 e. The summed E-state index contributed by atoms with van der Waals surface area (Å²) >= 11 is 0. The third-order valence-electron chi connectivity index (χ3n) is 10.6. The van der Waals surface area contributed by atoms with Crippen LogP contribution in [0.5, 0.6) is 0 Å². The quantitative estimate of drug-likeness (QED) is 0.203. The third kappa shape index (κ3) is 48.0. The highest BCUT2D eigenvalue weighted by Crippen LogP contribution is 2.23. The van der Waals surface area contributed by atoms with Crippen molar-refractivity contribution in [2.45, 2.75) is 0 Å². The summed E-state index contributed by atoms with van der Waals surface area (Å²) in [5.74, 6) is 0. The predicted molar refractivity (Wildman–Crippen MR) is 125 cm³/mol. The van der Waals surface area contributed by atoms with E-state index in [1.54, 1.807) is 0 Å². The minimum absolute atomic E-state index is 1.36. The monoisotopic (exact) mass is 1020 g/mol. The van der Waals surface area contributed by atoms with Crippen molar-refractivity contribution in [2.75, 3.05) is 160 Å². The van der Waals surface area contributed by atoms with Gasteiger partial charge in [-0.3, -0.25) is 0 Å². The maximum atomic E-state index is 8.49. The number of rotatable bonds is 0. The Kier molecular flexibility index (Phi) is 26.9. The Balaban J connectivity index is -0.000000625. The maximum absolute atomic E-state index is 8.49. The second-order valence-corrected chi connectivity index (χ2v) is 20.5. The summed E-state index contributed by atoms with van der Waals surface area (Å²) in [6, 6.07) is 0. The van der Waals surface area contributed by atoms with E-state index in [-0.39, 0.29) is 0 Å². The molecule has 0 unspecified atom stereocenters. The number of nitrogens with zero attached hydrogens (tertiary/aromatic N) is 6. The Morgan fingerprint density at radius 2 is 0.200 bits per heavy atom. The number of piperazine rings is 9. The standard InChI is InChI=1S/3C8H18N2.6ClHO4/c3*1-9-3-6-10(2,7-4-9)8-5-9;6*2-1(3,4)5/h3*3-8H2,1-2H3;6*(H,2,3,4,5)/q3*+2;;;;;;/p-6. The van der Waals surface area contributed by atoms with E-state index in [0.717, 1.165) is 0 Å². The third-order valence-corrected chi connectivity index (χ3v) is 10.6. The molecule has 9 aliphatic heterocycles. The fourth-order valence-corrected chi connectivity index (χ4v) is 6.36. The molecule has 30 nitrogen and oxygen atoms in total. The molecular weight excluding hydrogens is 969 g/mol. The van der Waals surface area contributed by atoms with Crippen molar-refractivity contribution in [2.24, 2.45) is 0 Å². The number of quaternary nitrogens is 6. The molecule has 0 spiro atoms. The predicted octanol–water partition coefficient (Wildman–Crippen LogP) is -28.8. The first-order chi connectivity index (χ1) is 25.9. The fraction of sp³-hybridized carbons (Fsp3) is 1.00. The van der Waals surface area contributed by atoms with Crippen LogP contribution in [-0.4, -0.2) is 187 Å². The molecule has 0 aromatic carbocycles. The maximum Gasteiger partial charge on any atom is 0.129 e. The van der Waals surface area contributed by atoms with Crippen LogP contribution in [0.3, 0.4) is 0 Å². The Bertz CT molecular complexity index is 861. The first-order valence-corrected chi connectivity index (χ1v) is 24.0. The number of fused-ring (bicyclic) bond motifs is 9. The lowest BCUT2D eigenvalue weighted by Crippen LogP contribution is -2.72. The van der Waals surface area contributed by atoms with Crippen LogP contribution in [0.2, 0.25) is 0 Å². The lowest BCUT2D eigenvalue weighted by Gasteiger charge is -2.52. The molecule has 9 fully saturated rings. The van der Waals surface area contributed by atoms with Gasteiger partial charge in [-0.1, -0.05) is 0 Å². The zero-order chi connectivity index (χ0) is 48.7. The molecule has 9 aliphatic rings. The Hall–Kier alpha value is 0.540. The molecule has 366 valence electrons. The molecule has 0 aliphatic carbocycles. The normalized spacial score (nSPS) is 32.7. The highest BCUT2D eigenvalue weighted by molar-refractivity contribution is 4.58. The summed E-state index contributed by atoms with van der Waals surface area (Å²) < 4.78 is 212. The van der Waals surface area contributed by atoms with Crippen LogP contribution in [0, 0.1) is 61.5 Å². The van der Waals surface area contributed by atoms with Gasteiger partial charge in [0, 0.05) is 0 Å². The lowest BCUT2D eigenvalue weighted by atomic mass is 10.1. The average molecular weight is 1020 g/mol. The van der Waals surface area contributed by atoms with Crippen LogP contribution in [0.25, 0.3) is 0 Å². The molecule has 9 saturated heterocycles. The molecule has 0 N–H and O–H groups in total. The van der Waals surface area contributed by atoms with Gasteiger partial charge in [0.2, 0.25) is 0 Å². The number of hydrogen-bond donors (Lipinski definition) is 0. The van der Waals surface area contributed by atoms with Gasteiger partial charge in [0.15, 0.2) is 0 Å². The summed E-state index contributed by atoms with van der Waals surface area (Å²) in [6.07, 6.45) is 0. The SMILES string of the molecule is C[N+]12CC[N+](C)(CC1)CC2.C[N+]12CC[N+](C)(CC1)CC2.C[N+]12CC[N+](C)(CC1)CC2.[O-][Cl+3]([O-])([O-])[O-].[O-][Cl+3]([O-])([O-])[O-].[O-][Cl+3]([O-])([O-])[O-].[O-][Cl+3]([O-])([O-])[O-].[O-][Cl+3]([O-])([O-])[O-].[O-][Cl+3]([O-])([O-])[O-]. The van der Waals surface area contributed by atoms with E-state index in [9.17, 15) is 0 Å². The van der Waals surface area contributed by atoms with Crippen molar-refractivity contribution >= 4 is 0 Å². The molecule has 6 bridgehead atoms. The molecule has 36 heteroatoms. The topological polar surface area (TPSA) is 553 Å². The number of hydrogen-bond acceptors (Lipinski definition) is 24. The lowest BCUT2D eigenvalue weighted by molar-refractivity contribution is -2.00. The Morgan fingerprint density at radius 3 is 0.233 bits per heavy atom. The van der Waals surface area contributed by atoms with Crippen molar-refractivity contribution < 1.29 is 200 Å². The summed E-state index contributed by atoms with van der Waals surface area (Å²) in [4.78, 5) is 0. The van der Waals surface area contributed by atoms with E-state index in [2.05, 4.69) is 42.3 Å². The zero-order valence-electron chi connectivity index (χ0n) is 33.5. The van der Waals surface area contributed by atoms with Crippen LogP contribution < -0.4 is 112 Å². The molecule has 0 aromatic rings. The molecule has 0 atom stereocenters. The first kappa shape index (κ1) is 64.8. The van der Waals surface area contributed by atoms with Gasteiger partial charge >= 0.3 is 0 Å². The van der Waals surface area contributed by atoms with Crippen LogP contribution in [0.15, 0.2) is 0 Å². The highest BCUT2D eigenvalue weighted by atomic mass is 35.7. The fourth-order valence-electron chi connectivity index (χ4n) is 6.36. The van der Waals surface area contributed by atoms with Crippen molar-refractivity contribution in [3.63, 3.8) is 0 Å². The Morgan fingerprint density at radius 1 is 0.167 bits per heavy atom. The second kappa shape index (κ2) is 24.9. The van der Waals surface area contributed by atoms with E-state index >= 15 is 0 Å². The average Bonchev–Trinajstić information content (AvgIpc) is 2.96. The molecule has 60 heavy (non-hydrogen) atoms. The van der Waals surface area contributed by atoms with Crippen LogP contribution in [0.4, 0.5) is 0 Å². The summed E-state index contributed by atoms with van der Waals surface area (Å²) in [6.45, 7) is 25.4. The Labute approximate surface area is 359 Å². The molecule has 0 saturated carbocycles. The van der Waals surface area contributed by atoms with E-state index in [1.807, 2.05) is 0 Å². The molecular formula is C24H54Cl6N6O24.